The Bertz CT molecular complexity index is 969. The lowest BCUT2D eigenvalue weighted by Gasteiger charge is -2.47. The van der Waals surface area contributed by atoms with Gasteiger partial charge in [0.15, 0.2) is 0 Å². The quantitative estimate of drug-likeness (QED) is 0.701. The van der Waals surface area contributed by atoms with Gasteiger partial charge in [0.05, 0.1) is 19.6 Å². The molecule has 1 heterocycles. The zero-order valence-electron chi connectivity index (χ0n) is 19.4. The minimum Gasteiger partial charge on any atom is -0.497 e. The van der Waals surface area contributed by atoms with Crippen molar-refractivity contribution in [3.8, 4) is 5.75 Å². The first-order valence-electron chi connectivity index (χ1n) is 11.8. The molecule has 0 bridgehead atoms. The summed E-state index contributed by atoms with van der Waals surface area (Å²) in [5.74, 6) is 1.60. The van der Waals surface area contributed by atoms with Crippen LogP contribution in [0.2, 0.25) is 0 Å². The predicted octanol–water partition coefficient (Wildman–Crippen LogP) is 4.44. The average Bonchev–Trinajstić information content (AvgIpc) is 2.80. The fourth-order valence-electron chi connectivity index (χ4n) is 5.27. The van der Waals surface area contributed by atoms with Crippen LogP contribution in [-0.4, -0.2) is 30.4 Å². The Morgan fingerprint density at radius 3 is 2.62 bits per heavy atom. The molecular weight excluding hydrogens is 400 g/mol. The van der Waals surface area contributed by atoms with Gasteiger partial charge in [-0.15, -0.1) is 0 Å². The summed E-state index contributed by atoms with van der Waals surface area (Å²) in [6.45, 7) is 5.41. The third-order valence-electron chi connectivity index (χ3n) is 6.91. The van der Waals surface area contributed by atoms with Crippen LogP contribution in [0.1, 0.15) is 61.4 Å². The van der Waals surface area contributed by atoms with Crippen molar-refractivity contribution >= 4 is 11.8 Å². The van der Waals surface area contributed by atoms with Crippen LogP contribution < -0.4 is 10.1 Å². The number of piperidine rings is 1. The molecule has 3 atom stereocenters. The number of carbonyl (C=O) groups excluding carboxylic acids is 2. The Balaban J connectivity index is 1.63. The van der Waals surface area contributed by atoms with E-state index in [2.05, 4.69) is 42.3 Å². The van der Waals surface area contributed by atoms with Gasteiger partial charge in [0.25, 0.3) is 0 Å². The number of hydrogen-bond acceptors (Lipinski definition) is 3. The molecule has 0 spiro atoms. The monoisotopic (exact) mass is 434 g/mol. The van der Waals surface area contributed by atoms with Gasteiger partial charge in [0.1, 0.15) is 5.75 Å². The number of aryl methyl sites for hydroxylation is 1. The van der Waals surface area contributed by atoms with Gasteiger partial charge < -0.3 is 15.0 Å². The molecular formula is C27H34N2O3. The van der Waals surface area contributed by atoms with Crippen molar-refractivity contribution in [2.75, 3.05) is 13.7 Å². The SMILES string of the molecule is CCCNC(=O)Cc1ccc2c(c1)[C@@H]1[C@H](CC2)CC(C)C(=O)N1Cc1ccc(OC)cc1. The Hall–Kier alpha value is -2.82. The number of hydrogen-bond donors (Lipinski definition) is 1. The van der Waals surface area contributed by atoms with Crippen molar-refractivity contribution < 1.29 is 14.3 Å². The minimum absolute atomic E-state index is 0.0408. The van der Waals surface area contributed by atoms with Crippen LogP contribution in [0.5, 0.6) is 5.75 Å². The highest BCUT2D eigenvalue weighted by atomic mass is 16.5. The molecule has 4 rings (SSSR count). The average molecular weight is 435 g/mol. The molecule has 1 aliphatic carbocycles. The van der Waals surface area contributed by atoms with Crippen molar-refractivity contribution in [3.63, 3.8) is 0 Å². The molecule has 5 nitrogen and oxygen atoms in total. The Morgan fingerprint density at radius 2 is 1.91 bits per heavy atom. The molecule has 5 heteroatoms. The number of fused-ring (bicyclic) bond motifs is 3. The van der Waals surface area contributed by atoms with Gasteiger partial charge in [-0.25, -0.2) is 0 Å². The van der Waals surface area contributed by atoms with E-state index in [1.54, 1.807) is 7.11 Å². The van der Waals surface area contributed by atoms with Gasteiger partial charge in [-0.1, -0.05) is 44.2 Å². The molecule has 1 unspecified atom stereocenters. The summed E-state index contributed by atoms with van der Waals surface area (Å²) in [7, 11) is 1.66. The van der Waals surface area contributed by atoms with Gasteiger partial charge in [0, 0.05) is 19.0 Å². The number of ether oxygens (including phenoxy) is 1. The molecule has 0 aromatic heterocycles. The largest absolute Gasteiger partial charge is 0.497 e. The summed E-state index contributed by atoms with van der Waals surface area (Å²) < 4.78 is 5.29. The van der Waals surface area contributed by atoms with Crippen molar-refractivity contribution in [2.45, 2.75) is 58.5 Å². The Labute approximate surface area is 191 Å². The number of rotatable bonds is 7. The van der Waals surface area contributed by atoms with E-state index in [4.69, 9.17) is 4.74 Å². The summed E-state index contributed by atoms with van der Waals surface area (Å²) in [5.41, 5.74) is 4.67. The second-order valence-corrected chi connectivity index (χ2v) is 9.25. The number of nitrogens with zero attached hydrogens (tertiary/aromatic N) is 1. The number of methoxy groups -OCH3 is 1. The standard InChI is InChI=1S/C27H34N2O3/c1-4-13-28-25(30)16-20-5-8-21-9-10-22-14-18(2)27(31)29(26(22)24(21)15-20)17-19-6-11-23(32-3)12-7-19/h5-8,11-12,15,18,22,26H,4,9-10,13-14,16-17H2,1-3H3,(H,28,30)/t18?,22-,26+/m1/s1. The number of amides is 2. The van der Waals surface area contributed by atoms with Crippen LogP contribution in [0.4, 0.5) is 0 Å². The second-order valence-electron chi connectivity index (χ2n) is 9.25. The van der Waals surface area contributed by atoms with E-state index in [9.17, 15) is 9.59 Å². The molecule has 0 radical (unpaired) electrons. The highest BCUT2D eigenvalue weighted by molar-refractivity contribution is 5.80. The van der Waals surface area contributed by atoms with Crippen molar-refractivity contribution in [1.82, 2.24) is 10.2 Å². The van der Waals surface area contributed by atoms with E-state index in [1.807, 2.05) is 24.3 Å². The number of carbonyl (C=O) groups is 2. The molecule has 2 amide bonds. The van der Waals surface area contributed by atoms with E-state index in [-0.39, 0.29) is 23.8 Å². The maximum absolute atomic E-state index is 13.3. The molecule has 170 valence electrons. The van der Waals surface area contributed by atoms with E-state index >= 15 is 0 Å². The normalized spacial score (nSPS) is 22.2. The smallest absolute Gasteiger partial charge is 0.226 e. The maximum Gasteiger partial charge on any atom is 0.226 e. The zero-order chi connectivity index (χ0) is 22.7. The van der Waals surface area contributed by atoms with Crippen molar-refractivity contribution in [3.05, 3.63) is 64.7 Å². The van der Waals surface area contributed by atoms with Crippen LogP contribution in [0.3, 0.4) is 0 Å². The molecule has 0 saturated carbocycles. The summed E-state index contributed by atoms with van der Waals surface area (Å²) >= 11 is 0. The Kier molecular flexibility index (Phi) is 6.83. The molecule has 32 heavy (non-hydrogen) atoms. The fraction of sp³-hybridized carbons (Fsp3) is 0.481. The third-order valence-corrected chi connectivity index (χ3v) is 6.91. The van der Waals surface area contributed by atoms with E-state index in [0.717, 1.165) is 42.6 Å². The van der Waals surface area contributed by atoms with E-state index in [1.165, 1.54) is 11.1 Å². The molecule has 1 aliphatic heterocycles. The number of nitrogens with one attached hydrogen (secondary N) is 1. The van der Waals surface area contributed by atoms with Crippen LogP contribution in [0, 0.1) is 11.8 Å². The van der Waals surface area contributed by atoms with Crippen LogP contribution in [-0.2, 0) is 29.0 Å². The molecule has 2 aliphatic rings. The van der Waals surface area contributed by atoms with Crippen LogP contribution in [0.15, 0.2) is 42.5 Å². The van der Waals surface area contributed by atoms with Gasteiger partial charge in [-0.3, -0.25) is 9.59 Å². The number of likely N-dealkylation sites (tertiary alicyclic amines) is 1. The summed E-state index contributed by atoms with van der Waals surface area (Å²) in [6.07, 6.45) is 4.39. The maximum atomic E-state index is 13.3. The Morgan fingerprint density at radius 1 is 1.16 bits per heavy atom. The highest BCUT2D eigenvalue weighted by Crippen LogP contribution is 2.46. The van der Waals surface area contributed by atoms with E-state index in [0.29, 0.717) is 25.4 Å². The lowest BCUT2D eigenvalue weighted by Crippen LogP contribution is -2.48. The third kappa shape index (κ3) is 4.67. The van der Waals surface area contributed by atoms with Gasteiger partial charge in [0.2, 0.25) is 11.8 Å². The minimum atomic E-state index is 0.0408. The highest BCUT2D eigenvalue weighted by Gasteiger charge is 2.43. The predicted molar refractivity (Wildman–Crippen MR) is 125 cm³/mol. The van der Waals surface area contributed by atoms with Crippen molar-refractivity contribution in [2.24, 2.45) is 11.8 Å². The zero-order valence-corrected chi connectivity index (χ0v) is 19.4. The molecule has 2 aromatic rings. The summed E-state index contributed by atoms with van der Waals surface area (Å²) in [5, 5.41) is 2.97. The fourth-order valence-corrected chi connectivity index (χ4v) is 5.27. The lowest BCUT2D eigenvalue weighted by atomic mass is 9.71. The number of benzene rings is 2. The van der Waals surface area contributed by atoms with E-state index < -0.39 is 0 Å². The lowest BCUT2D eigenvalue weighted by molar-refractivity contribution is -0.146. The van der Waals surface area contributed by atoms with Crippen molar-refractivity contribution in [1.29, 1.82) is 0 Å². The van der Waals surface area contributed by atoms with Gasteiger partial charge >= 0.3 is 0 Å². The van der Waals surface area contributed by atoms with Crippen LogP contribution in [0.25, 0.3) is 0 Å². The summed E-state index contributed by atoms with van der Waals surface area (Å²) in [6, 6.07) is 14.5. The van der Waals surface area contributed by atoms with Crippen LogP contribution >= 0.6 is 0 Å². The topological polar surface area (TPSA) is 58.6 Å². The first kappa shape index (κ1) is 22.4. The first-order chi connectivity index (χ1) is 15.5. The van der Waals surface area contributed by atoms with Gasteiger partial charge in [-0.2, -0.15) is 0 Å². The molecule has 1 N–H and O–H groups in total. The first-order valence-corrected chi connectivity index (χ1v) is 11.8. The van der Waals surface area contributed by atoms with Gasteiger partial charge in [-0.05, 0) is 66.0 Å². The molecule has 2 aromatic carbocycles. The molecule has 1 fully saturated rings. The molecule has 1 saturated heterocycles. The summed E-state index contributed by atoms with van der Waals surface area (Å²) in [4.78, 5) is 27.7. The second kappa shape index (κ2) is 9.76.